The van der Waals surface area contributed by atoms with Gasteiger partial charge in [-0.2, -0.15) is 0 Å². The average molecular weight is 168 g/mol. The summed E-state index contributed by atoms with van der Waals surface area (Å²) in [6, 6.07) is 5.28. The molecule has 12 heavy (non-hydrogen) atoms. The lowest BCUT2D eigenvalue weighted by molar-refractivity contribution is 0.259. The van der Waals surface area contributed by atoms with Gasteiger partial charge >= 0.3 is 6.03 Å². The Bertz CT molecular complexity index is 295. The average Bonchev–Trinajstić information content (AvgIpc) is 1.97. The highest BCUT2D eigenvalue weighted by Gasteiger charge is 2.02. The van der Waals surface area contributed by atoms with Crippen LogP contribution in [0.3, 0.4) is 0 Å². The number of nitrogens with two attached hydrogens (primary N) is 1. The molecule has 0 aromatic heterocycles. The minimum atomic E-state index is -0.521. The summed E-state index contributed by atoms with van der Waals surface area (Å²) in [6.07, 6.45) is 0. The van der Waals surface area contributed by atoms with Crippen molar-refractivity contribution in [3.8, 4) is 0 Å². The number of nitrogens with one attached hydrogen (secondary N) is 1. The number of para-hydroxylation sites is 1. The molecule has 0 fully saturated rings. The van der Waals surface area contributed by atoms with Crippen LogP contribution in [-0.2, 0) is 0 Å². The predicted octanol–water partition coefficient (Wildman–Crippen LogP) is 2.29. The van der Waals surface area contributed by atoms with Crippen molar-refractivity contribution < 1.29 is 7.65 Å². The fourth-order valence-corrected chi connectivity index (χ4v) is 1.13. The molecular weight excluding hydrogens is 152 g/mol. The predicted molar refractivity (Wildman–Crippen MR) is 53.4 cm³/mol. The molecule has 0 aliphatic heterocycles. The molecule has 0 aliphatic carbocycles. The summed E-state index contributed by atoms with van der Waals surface area (Å²) < 4.78 is 0. The summed E-state index contributed by atoms with van der Waals surface area (Å²) in [5.41, 5.74) is 7.87. The molecule has 0 aliphatic rings. The Balaban J connectivity index is 0. The Morgan fingerprint density at radius 1 is 1.42 bits per heavy atom. The van der Waals surface area contributed by atoms with Gasteiger partial charge < -0.3 is 11.1 Å². The van der Waals surface area contributed by atoms with Gasteiger partial charge in [0.25, 0.3) is 0 Å². The van der Waals surface area contributed by atoms with Crippen molar-refractivity contribution in [2.45, 2.75) is 13.8 Å². The number of hydrogen-bond donors (Lipinski definition) is 2. The van der Waals surface area contributed by atoms with E-state index in [9.17, 15) is 4.79 Å². The number of urea groups is 1. The summed E-state index contributed by atoms with van der Waals surface area (Å²) in [5, 5.41) is 2.58. The van der Waals surface area contributed by atoms with Gasteiger partial charge in [0, 0.05) is 8.54 Å². The molecule has 3 heteroatoms. The molecule has 0 spiro atoms. The van der Waals surface area contributed by atoms with E-state index in [1.807, 2.05) is 32.0 Å². The first kappa shape index (κ1) is 8.59. The standard InChI is InChI=1S/C9H12N2O.2H2/c1-6-4-3-5-7(2)8(6)11-9(10)12;;/h3-5H,1-2H3,(H3,10,11,12);2*1H. The molecule has 68 valence electrons. The Morgan fingerprint density at radius 3 is 2.33 bits per heavy atom. The molecule has 1 aromatic rings. The van der Waals surface area contributed by atoms with Crippen LogP contribution in [0.2, 0.25) is 0 Å². The van der Waals surface area contributed by atoms with E-state index in [1.165, 1.54) is 0 Å². The van der Waals surface area contributed by atoms with E-state index in [0.717, 1.165) is 16.8 Å². The monoisotopic (exact) mass is 168 g/mol. The first-order valence-electron chi connectivity index (χ1n) is 3.74. The van der Waals surface area contributed by atoms with Gasteiger partial charge in [0.15, 0.2) is 0 Å². The zero-order valence-electron chi connectivity index (χ0n) is 7.22. The van der Waals surface area contributed by atoms with Crippen molar-refractivity contribution in [1.82, 2.24) is 0 Å². The Kier molecular flexibility index (Phi) is 2.33. The van der Waals surface area contributed by atoms with E-state index in [0.29, 0.717) is 0 Å². The zero-order valence-corrected chi connectivity index (χ0v) is 7.22. The van der Waals surface area contributed by atoms with E-state index < -0.39 is 6.03 Å². The molecule has 0 atom stereocenters. The molecule has 1 rings (SSSR count). The second-order valence-electron chi connectivity index (χ2n) is 2.76. The second kappa shape index (κ2) is 3.26. The van der Waals surface area contributed by atoms with Gasteiger partial charge in [-0.1, -0.05) is 18.2 Å². The fraction of sp³-hybridized carbons (Fsp3) is 0.222. The van der Waals surface area contributed by atoms with Crippen LogP contribution in [0.1, 0.15) is 14.0 Å². The molecule has 0 saturated heterocycles. The normalized spacial score (nSPS) is 9.50. The third-order valence-electron chi connectivity index (χ3n) is 1.73. The lowest BCUT2D eigenvalue weighted by atomic mass is 10.1. The molecule has 0 heterocycles. The minimum Gasteiger partial charge on any atom is -0.351 e. The molecule has 0 saturated carbocycles. The molecule has 0 unspecified atom stereocenters. The van der Waals surface area contributed by atoms with Crippen LogP contribution in [0.4, 0.5) is 10.5 Å². The number of carbonyl (C=O) groups is 1. The maximum absolute atomic E-state index is 10.6. The summed E-state index contributed by atoms with van der Waals surface area (Å²) in [4.78, 5) is 10.6. The lowest BCUT2D eigenvalue weighted by Gasteiger charge is -2.08. The Hall–Kier alpha value is -1.51. The first-order chi connectivity index (χ1) is 5.61. The third-order valence-corrected chi connectivity index (χ3v) is 1.73. The molecule has 3 N–H and O–H groups in total. The van der Waals surface area contributed by atoms with Crippen molar-refractivity contribution in [3.63, 3.8) is 0 Å². The van der Waals surface area contributed by atoms with Crippen LogP contribution in [0.25, 0.3) is 0 Å². The molecule has 2 amide bonds. The van der Waals surface area contributed by atoms with Gasteiger partial charge in [-0.05, 0) is 25.0 Å². The highest BCUT2D eigenvalue weighted by molar-refractivity contribution is 5.89. The number of anilines is 1. The summed E-state index contributed by atoms with van der Waals surface area (Å²) in [5.74, 6) is 0. The van der Waals surface area contributed by atoms with Crippen molar-refractivity contribution in [2.75, 3.05) is 5.32 Å². The van der Waals surface area contributed by atoms with E-state index in [1.54, 1.807) is 0 Å². The molecule has 3 nitrogen and oxygen atoms in total. The van der Waals surface area contributed by atoms with Crippen molar-refractivity contribution in [2.24, 2.45) is 5.73 Å². The smallest absolute Gasteiger partial charge is 0.316 e. The lowest BCUT2D eigenvalue weighted by Crippen LogP contribution is -2.20. The summed E-state index contributed by atoms with van der Waals surface area (Å²) in [7, 11) is 0. The number of primary amides is 1. The number of benzene rings is 1. The highest BCUT2D eigenvalue weighted by atomic mass is 16.2. The molecule has 1 aromatic carbocycles. The van der Waals surface area contributed by atoms with Gasteiger partial charge in [-0.25, -0.2) is 4.79 Å². The molecule has 0 bridgehead atoms. The van der Waals surface area contributed by atoms with Crippen molar-refractivity contribution >= 4 is 11.7 Å². The van der Waals surface area contributed by atoms with Crippen LogP contribution in [-0.4, -0.2) is 6.03 Å². The Labute approximate surface area is 74.5 Å². The topological polar surface area (TPSA) is 55.1 Å². The van der Waals surface area contributed by atoms with Gasteiger partial charge in [0.05, 0.1) is 0 Å². The third kappa shape index (κ3) is 1.75. The van der Waals surface area contributed by atoms with E-state index in [-0.39, 0.29) is 2.85 Å². The second-order valence-corrected chi connectivity index (χ2v) is 2.76. The van der Waals surface area contributed by atoms with Crippen LogP contribution in [0.5, 0.6) is 0 Å². The van der Waals surface area contributed by atoms with Crippen LogP contribution in [0, 0.1) is 13.8 Å². The van der Waals surface area contributed by atoms with Gasteiger partial charge in [0.1, 0.15) is 0 Å². The molecular formula is C9H16N2O. The Morgan fingerprint density at radius 2 is 1.92 bits per heavy atom. The number of carbonyl (C=O) groups excluding carboxylic acids is 1. The zero-order chi connectivity index (χ0) is 9.14. The van der Waals surface area contributed by atoms with Crippen LogP contribution >= 0.6 is 0 Å². The number of amides is 2. The minimum absolute atomic E-state index is 0. The van der Waals surface area contributed by atoms with Crippen LogP contribution in [0.15, 0.2) is 18.2 Å². The van der Waals surface area contributed by atoms with Crippen LogP contribution < -0.4 is 11.1 Å². The van der Waals surface area contributed by atoms with E-state index in [2.05, 4.69) is 5.32 Å². The van der Waals surface area contributed by atoms with Crippen molar-refractivity contribution in [1.29, 1.82) is 0 Å². The number of aryl methyl sites for hydroxylation is 2. The van der Waals surface area contributed by atoms with Crippen molar-refractivity contribution in [3.05, 3.63) is 29.3 Å². The highest BCUT2D eigenvalue weighted by Crippen LogP contribution is 2.18. The number of hydrogen-bond acceptors (Lipinski definition) is 1. The maximum Gasteiger partial charge on any atom is 0.316 e. The quantitative estimate of drug-likeness (QED) is 0.664. The first-order valence-corrected chi connectivity index (χ1v) is 3.74. The summed E-state index contributed by atoms with van der Waals surface area (Å²) >= 11 is 0. The van der Waals surface area contributed by atoms with Gasteiger partial charge in [-0.3, -0.25) is 0 Å². The summed E-state index contributed by atoms with van der Waals surface area (Å²) in [6.45, 7) is 3.86. The fourth-order valence-electron chi connectivity index (χ4n) is 1.13. The van der Waals surface area contributed by atoms with Gasteiger partial charge in [-0.15, -0.1) is 0 Å². The largest absolute Gasteiger partial charge is 0.351 e. The molecule has 0 radical (unpaired) electrons. The van der Waals surface area contributed by atoms with Gasteiger partial charge in [0.2, 0.25) is 0 Å². The van der Waals surface area contributed by atoms with E-state index >= 15 is 0 Å². The maximum atomic E-state index is 10.6. The number of rotatable bonds is 1. The SMILES string of the molecule is Cc1cccc(C)c1NC(N)=O.[HH].[HH]. The van der Waals surface area contributed by atoms with E-state index in [4.69, 9.17) is 5.73 Å².